The summed E-state index contributed by atoms with van der Waals surface area (Å²) in [5.41, 5.74) is 3.67. The minimum absolute atomic E-state index is 0.0580. The van der Waals surface area contributed by atoms with Gasteiger partial charge in [-0.2, -0.15) is 0 Å². The van der Waals surface area contributed by atoms with Crippen molar-refractivity contribution in [3.8, 4) is 0 Å². The lowest BCUT2D eigenvalue weighted by Crippen LogP contribution is -2.17. The molecule has 2 N–H and O–H groups in total. The highest BCUT2D eigenvalue weighted by molar-refractivity contribution is 7.98. The van der Waals surface area contributed by atoms with Crippen molar-refractivity contribution >= 4 is 23.4 Å². The number of carbonyl (C=O) groups is 1. The van der Waals surface area contributed by atoms with E-state index >= 15 is 0 Å². The fourth-order valence-corrected chi connectivity index (χ4v) is 2.66. The summed E-state index contributed by atoms with van der Waals surface area (Å²) in [7, 11) is 0. The van der Waals surface area contributed by atoms with Crippen LogP contribution < -0.4 is 10.6 Å². The molecule has 0 spiro atoms. The van der Waals surface area contributed by atoms with E-state index in [0.717, 1.165) is 40.4 Å². The third kappa shape index (κ3) is 4.12. The Morgan fingerprint density at radius 1 is 1.18 bits per heavy atom. The Kier molecular flexibility index (Phi) is 6.04. The highest BCUT2D eigenvalue weighted by Gasteiger charge is 2.12. The summed E-state index contributed by atoms with van der Waals surface area (Å²) in [6.45, 7) is 5.68. The van der Waals surface area contributed by atoms with E-state index in [0.29, 0.717) is 0 Å². The van der Waals surface area contributed by atoms with Gasteiger partial charge in [-0.25, -0.2) is 0 Å². The van der Waals surface area contributed by atoms with Crippen LogP contribution in [0.3, 0.4) is 0 Å². The molecule has 22 heavy (non-hydrogen) atoms. The minimum atomic E-state index is -0.0580. The molecular weight excluding hydrogens is 292 g/mol. The average Bonchev–Trinajstić information content (AvgIpc) is 2.54. The largest absolute Gasteiger partial charge is 0.322 e. The van der Waals surface area contributed by atoms with Crippen LogP contribution >= 0.6 is 11.8 Å². The van der Waals surface area contributed by atoms with Crippen LogP contribution in [0, 0.1) is 6.92 Å². The maximum atomic E-state index is 12.6. The van der Waals surface area contributed by atoms with E-state index in [-0.39, 0.29) is 5.91 Å². The Morgan fingerprint density at radius 3 is 2.68 bits per heavy atom. The van der Waals surface area contributed by atoms with E-state index in [1.54, 1.807) is 11.8 Å². The van der Waals surface area contributed by atoms with Crippen LogP contribution in [-0.4, -0.2) is 18.7 Å². The molecule has 0 atom stereocenters. The summed E-state index contributed by atoms with van der Waals surface area (Å²) in [5, 5.41) is 6.33. The van der Waals surface area contributed by atoms with Crippen molar-refractivity contribution in [1.82, 2.24) is 5.32 Å². The normalized spacial score (nSPS) is 10.5. The van der Waals surface area contributed by atoms with Crippen LogP contribution in [-0.2, 0) is 6.54 Å². The second-order valence-corrected chi connectivity index (χ2v) is 5.95. The van der Waals surface area contributed by atoms with E-state index in [4.69, 9.17) is 0 Å². The maximum absolute atomic E-state index is 12.6. The number of hydrogen-bond donors (Lipinski definition) is 2. The number of para-hydroxylation sites is 1. The molecule has 0 saturated heterocycles. The Balaban J connectivity index is 2.22. The predicted molar refractivity (Wildman–Crippen MR) is 94.7 cm³/mol. The van der Waals surface area contributed by atoms with Crippen molar-refractivity contribution in [3.05, 3.63) is 59.2 Å². The molecule has 3 nitrogen and oxygen atoms in total. The Bertz CT molecular complexity index is 655. The summed E-state index contributed by atoms with van der Waals surface area (Å²) >= 11 is 1.64. The number of aryl methyl sites for hydroxylation is 1. The first kappa shape index (κ1) is 16.6. The number of thioether (sulfide) groups is 1. The summed E-state index contributed by atoms with van der Waals surface area (Å²) < 4.78 is 0. The zero-order chi connectivity index (χ0) is 15.9. The lowest BCUT2D eigenvalue weighted by Gasteiger charge is -2.13. The van der Waals surface area contributed by atoms with Gasteiger partial charge in [0.1, 0.15) is 0 Å². The van der Waals surface area contributed by atoms with Crippen molar-refractivity contribution in [2.75, 3.05) is 18.1 Å². The topological polar surface area (TPSA) is 41.1 Å². The highest BCUT2D eigenvalue weighted by atomic mass is 32.2. The van der Waals surface area contributed by atoms with Gasteiger partial charge in [0.05, 0.1) is 0 Å². The zero-order valence-corrected chi connectivity index (χ0v) is 14.1. The fourth-order valence-electron chi connectivity index (χ4n) is 2.22. The molecule has 0 unspecified atom stereocenters. The molecule has 0 aliphatic rings. The molecule has 4 heteroatoms. The molecule has 2 rings (SSSR count). The maximum Gasteiger partial charge on any atom is 0.255 e. The van der Waals surface area contributed by atoms with Crippen LogP contribution in [0.15, 0.2) is 47.4 Å². The molecule has 0 aliphatic heterocycles. The highest BCUT2D eigenvalue weighted by Crippen LogP contribution is 2.21. The second-order valence-electron chi connectivity index (χ2n) is 5.07. The Labute approximate surface area is 136 Å². The third-order valence-corrected chi connectivity index (χ3v) is 4.25. The predicted octanol–water partition coefficient (Wildman–Crippen LogP) is 4.08. The third-order valence-electron chi connectivity index (χ3n) is 3.52. The monoisotopic (exact) mass is 314 g/mol. The van der Waals surface area contributed by atoms with Crippen LogP contribution in [0.5, 0.6) is 0 Å². The second kappa shape index (κ2) is 8.01. The van der Waals surface area contributed by atoms with Gasteiger partial charge in [-0.15, -0.1) is 11.8 Å². The van der Waals surface area contributed by atoms with Crippen molar-refractivity contribution < 1.29 is 4.79 Å². The van der Waals surface area contributed by atoms with Gasteiger partial charge < -0.3 is 10.6 Å². The van der Waals surface area contributed by atoms with Crippen molar-refractivity contribution in [2.45, 2.75) is 25.3 Å². The number of anilines is 1. The quantitative estimate of drug-likeness (QED) is 0.789. The van der Waals surface area contributed by atoms with Gasteiger partial charge in [-0.3, -0.25) is 4.79 Å². The fraction of sp³-hybridized carbons (Fsp3) is 0.278. The van der Waals surface area contributed by atoms with Gasteiger partial charge in [0.2, 0.25) is 0 Å². The molecule has 0 heterocycles. The number of carbonyl (C=O) groups excluding carboxylic acids is 1. The van der Waals surface area contributed by atoms with Crippen molar-refractivity contribution in [1.29, 1.82) is 0 Å². The van der Waals surface area contributed by atoms with Gasteiger partial charge in [0.25, 0.3) is 5.91 Å². The molecular formula is C18H22N2OS. The Hall–Kier alpha value is -1.78. The number of amides is 1. The Morgan fingerprint density at radius 2 is 1.95 bits per heavy atom. The molecule has 0 fully saturated rings. The van der Waals surface area contributed by atoms with E-state index in [1.807, 2.05) is 55.6 Å². The van der Waals surface area contributed by atoms with E-state index in [9.17, 15) is 4.79 Å². The SMILES string of the molecule is CCNCc1ccccc1NC(=O)c1cc(SC)ccc1C. The molecule has 0 bridgehead atoms. The van der Waals surface area contributed by atoms with Gasteiger partial charge >= 0.3 is 0 Å². The van der Waals surface area contributed by atoms with Crippen LogP contribution in [0.2, 0.25) is 0 Å². The smallest absolute Gasteiger partial charge is 0.255 e. The number of rotatable bonds is 6. The van der Waals surface area contributed by atoms with Crippen LogP contribution in [0.25, 0.3) is 0 Å². The molecule has 0 radical (unpaired) electrons. The minimum Gasteiger partial charge on any atom is -0.322 e. The van der Waals surface area contributed by atoms with Gasteiger partial charge in [0.15, 0.2) is 0 Å². The lowest BCUT2D eigenvalue weighted by atomic mass is 10.1. The summed E-state index contributed by atoms with van der Waals surface area (Å²) in [5.74, 6) is -0.0580. The van der Waals surface area contributed by atoms with Crippen LogP contribution in [0.4, 0.5) is 5.69 Å². The molecule has 0 aliphatic carbocycles. The first-order valence-electron chi connectivity index (χ1n) is 7.40. The van der Waals surface area contributed by atoms with Gasteiger partial charge in [-0.05, 0) is 49.1 Å². The standard InChI is InChI=1S/C18H22N2OS/c1-4-19-12-14-7-5-6-8-17(14)20-18(21)16-11-15(22-3)10-9-13(16)2/h5-11,19H,4,12H2,1-3H3,(H,20,21). The summed E-state index contributed by atoms with van der Waals surface area (Å²) in [6, 6.07) is 13.9. The van der Waals surface area contributed by atoms with Crippen LogP contribution in [0.1, 0.15) is 28.4 Å². The van der Waals surface area contributed by atoms with E-state index in [2.05, 4.69) is 17.6 Å². The van der Waals surface area contributed by atoms with Crippen molar-refractivity contribution in [3.63, 3.8) is 0 Å². The molecule has 0 aromatic heterocycles. The summed E-state index contributed by atoms with van der Waals surface area (Å²) in [4.78, 5) is 13.7. The molecule has 116 valence electrons. The molecule has 2 aromatic rings. The van der Waals surface area contributed by atoms with E-state index < -0.39 is 0 Å². The molecule has 1 amide bonds. The molecule has 0 saturated carbocycles. The summed E-state index contributed by atoms with van der Waals surface area (Å²) in [6.07, 6.45) is 2.01. The number of nitrogens with one attached hydrogen (secondary N) is 2. The number of hydrogen-bond acceptors (Lipinski definition) is 3. The lowest BCUT2D eigenvalue weighted by molar-refractivity contribution is 0.102. The van der Waals surface area contributed by atoms with Gasteiger partial charge in [-0.1, -0.05) is 31.2 Å². The molecule has 2 aromatic carbocycles. The van der Waals surface area contributed by atoms with Crippen molar-refractivity contribution in [2.24, 2.45) is 0 Å². The van der Waals surface area contributed by atoms with E-state index in [1.165, 1.54) is 0 Å². The zero-order valence-electron chi connectivity index (χ0n) is 13.3. The average molecular weight is 314 g/mol. The number of benzene rings is 2. The van der Waals surface area contributed by atoms with Gasteiger partial charge in [0, 0.05) is 22.7 Å². The first-order chi connectivity index (χ1) is 10.7. The first-order valence-corrected chi connectivity index (χ1v) is 8.62.